The van der Waals surface area contributed by atoms with Crippen LogP contribution < -0.4 is 14.2 Å². The van der Waals surface area contributed by atoms with Crippen molar-refractivity contribution >= 4 is 17.5 Å². The maximum Gasteiger partial charge on any atom is 0.249 e. The fourth-order valence-corrected chi connectivity index (χ4v) is 4.16. The Morgan fingerprint density at radius 2 is 1.84 bits per heavy atom. The van der Waals surface area contributed by atoms with E-state index in [1.54, 1.807) is 50.5 Å². The average molecular weight is 458 g/mol. The Morgan fingerprint density at radius 1 is 1.09 bits per heavy atom. The van der Waals surface area contributed by atoms with Gasteiger partial charge in [0, 0.05) is 12.1 Å². The summed E-state index contributed by atoms with van der Waals surface area (Å²) in [4.78, 5) is 19.4. The molecule has 1 saturated heterocycles. The second-order valence-electron chi connectivity index (χ2n) is 7.42. The number of methoxy groups -OCH3 is 3. The zero-order valence-corrected chi connectivity index (χ0v) is 18.9. The van der Waals surface area contributed by atoms with Gasteiger partial charge in [0.2, 0.25) is 17.6 Å². The summed E-state index contributed by atoms with van der Waals surface area (Å²) in [5.41, 5.74) is 1.56. The molecule has 32 heavy (non-hydrogen) atoms. The molecule has 1 amide bonds. The second kappa shape index (κ2) is 9.48. The lowest BCUT2D eigenvalue weighted by atomic mass is 10.1. The van der Waals surface area contributed by atoms with E-state index >= 15 is 0 Å². The van der Waals surface area contributed by atoms with E-state index in [4.69, 9.17) is 30.3 Å². The maximum absolute atomic E-state index is 13.0. The predicted octanol–water partition coefficient (Wildman–Crippen LogP) is 4.32. The third-order valence-corrected chi connectivity index (χ3v) is 5.81. The molecule has 1 aliphatic rings. The van der Waals surface area contributed by atoms with Gasteiger partial charge in [-0.15, -0.1) is 0 Å². The summed E-state index contributed by atoms with van der Waals surface area (Å²) < 4.78 is 21.4. The quantitative estimate of drug-likeness (QED) is 0.522. The number of nitrogens with zero attached hydrogens (tertiary/aromatic N) is 3. The molecule has 2 heterocycles. The Balaban J connectivity index is 1.51. The molecule has 1 atom stereocenters. The van der Waals surface area contributed by atoms with Crippen LogP contribution in [0.15, 0.2) is 40.9 Å². The molecule has 2 aromatic carbocycles. The number of hydrogen-bond acceptors (Lipinski definition) is 7. The average Bonchev–Trinajstić information content (AvgIpc) is 3.48. The number of benzene rings is 2. The van der Waals surface area contributed by atoms with Crippen LogP contribution in [0, 0.1) is 0 Å². The van der Waals surface area contributed by atoms with Crippen LogP contribution in [0.3, 0.4) is 0 Å². The molecule has 1 fully saturated rings. The number of carbonyl (C=O) groups is 1. The molecule has 0 bridgehead atoms. The van der Waals surface area contributed by atoms with Crippen molar-refractivity contribution < 1.29 is 23.5 Å². The van der Waals surface area contributed by atoms with Crippen molar-refractivity contribution in [2.45, 2.75) is 25.3 Å². The van der Waals surface area contributed by atoms with Crippen LogP contribution >= 0.6 is 11.6 Å². The van der Waals surface area contributed by atoms with Crippen LogP contribution in [-0.4, -0.2) is 48.8 Å². The zero-order valence-electron chi connectivity index (χ0n) is 18.1. The van der Waals surface area contributed by atoms with Gasteiger partial charge in [-0.05, 0) is 48.7 Å². The monoisotopic (exact) mass is 457 g/mol. The molecule has 0 spiro atoms. The molecule has 0 aliphatic carbocycles. The lowest BCUT2D eigenvalue weighted by Gasteiger charge is -2.22. The van der Waals surface area contributed by atoms with Crippen molar-refractivity contribution in [3.05, 3.63) is 52.9 Å². The zero-order chi connectivity index (χ0) is 22.7. The topological polar surface area (TPSA) is 86.9 Å². The van der Waals surface area contributed by atoms with Crippen LogP contribution in [0.4, 0.5) is 0 Å². The summed E-state index contributed by atoms with van der Waals surface area (Å²) >= 11 is 6.20. The van der Waals surface area contributed by atoms with Gasteiger partial charge in [-0.3, -0.25) is 4.79 Å². The molecule has 0 unspecified atom stereocenters. The first kappa shape index (κ1) is 22.0. The van der Waals surface area contributed by atoms with E-state index in [0.717, 1.165) is 24.0 Å². The molecule has 0 radical (unpaired) electrons. The molecular formula is C23H24ClN3O5. The second-order valence-corrected chi connectivity index (χ2v) is 7.82. The molecule has 0 saturated carbocycles. The van der Waals surface area contributed by atoms with Crippen LogP contribution in [0.1, 0.15) is 30.3 Å². The van der Waals surface area contributed by atoms with Crippen molar-refractivity contribution in [1.29, 1.82) is 0 Å². The molecule has 8 nitrogen and oxygen atoms in total. The van der Waals surface area contributed by atoms with E-state index < -0.39 is 0 Å². The highest BCUT2D eigenvalue weighted by atomic mass is 35.5. The Labute approximate surface area is 191 Å². The van der Waals surface area contributed by atoms with Gasteiger partial charge in [-0.2, -0.15) is 4.98 Å². The summed E-state index contributed by atoms with van der Waals surface area (Å²) in [6.45, 7) is 0.640. The van der Waals surface area contributed by atoms with Crippen molar-refractivity contribution in [2.75, 3.05) is 27.9 Å². The number of hydrogen-bond donors (Lipinski definition) is 0. The fraction of sp³-hybridized carbons (Fsp3) is 0.348. The summed E-state index contributed by atoms with van der Waals surface area (Å²) in [5.74, 6) is 2.61. The van der Waals surface area contributed by atoms with E-state index in [9.17, 15) is 4.79 Å². The summed E-state index contributed by atoms with van der Waals surface area (Å²) in [6, 6.07) is 10.5. The van der Waals surface area contributed by atoms with Crippen LogP contribution in [-0.2, 0) is 11.2 Å². The van der Waals surface area contributed by atoms with Gasteiger partial charge in [0.15, 0.2) is 11.5 Å². The minimum Gasteiger partial charge on any atom is -0.495 e. The Bertz CT molecular complexity index is 1120. The van der Waals surface area contributed by atoms with Crippen molar-refractivity contribution in [3.63, 3.8) is 0 Å². The van der Waals surface area contributed by atoms with Gasteiger partial charge in [0.1, 0.15) is 11.8 Å². The van der Waals surface area contributed by atoms with E-state index in [1.165, 1.54) is 0 Å². The molecule has 0 N–H and O–H groups in total. The summed E-state index contributed by atoms with van der Waals surface area (Å²) in [6.07, 6.45) is 1.87. The van der Waals surface area contributed by atoms with E-state index in [0.29, 0.717) is 40.5 Å². The Hall–Kier alpha value is -3.26. The summed E-state index contributed by atoms with van der Waals surface area (Å²) in [5, 5.41) is 4.60. The first-order valence-corrected chi connectivity index (χ1v) is 10.6. The number of aromatic nitrogens is 2. The van der Waals surface area contributed by atoms with Gasteiger partial charge in [-0.25, -0.2) is 0 Å². The number of likely N-dealkylation sites (tertiary alicyclic amines) is 1. The van der Waals surface area contributed by atoms with Gasteiger partial charge >= 0.3 is 0 Å². The molecule has 1 aromatic heterocycles. The highest BCUT2D eigenvalue weighted by Crippen LogP contribution is 2.35. The minimum absolute atomic E-state index is 0.0143. The van der Waals surface area contributed by atoms with Gasteiger partial charge in [-0.1, -0.05) is 22.8 Å². The first-order valence-electron chi connectivity index (χ1n) is 10.2. The third-order valence-electron chi connectivity index (χ3n) is 5.51. The minimum atomic E-state index is -0.252. The van der Waals surface area contributed by atoms with Crippen molar-refractivity contribution in [3.8, 4) is 28.6 Å². The molecule has 168 valence electrons. The number of carbonyl (C=O) groups excluding carboxylic acids is 1. The summed E-state index contributed by atoms with van der Waals surface area (Å²) in [7, 11) is 4.71. The molecule has 3 aromatic rings. The Morgan fingerprint density at radius 3 is 2.56 bits per heavy atom. The number of ether oxygens (including phenoxy) is 3. The van der Waals surface area contributed by atoms with E-state index in [-0.39, 0.29) is 18.4 Å². The normalized spacial score (nSPS) is 15.6. The van der Waals surface area contributed by atoms with E-state index in [1.807, 2.05) is 12.1 Å². The molecule has 9 heteroatoms. The SMILES string of the molecule is COc1ccc(CC(=O)N2CCC[C@@H]2c2nc(-c3ccc(OC)c(OC)c3)no2)cc1Cl. The van der Waals surface area contributed by atoms with Gasteiger partial charge in [0.05, 0.1) is 32.8 Å². The maximum atomic E-state index is 13.0. The fourth-order valence-electron chi connectivity index (χ4n) is 3.88. The smallest absolute Gasteiger partial charge is 0.249 e. The highest BCUT2D eigenvalue weighted by Gasteiger charge is 2.34. The molecular weight excluding hydrogens is 434 g/mol. The highest BCUT2D eigenvalue weighted by molar-refractivity contribution is 6.32. The largest absolute Gasteiger partial charge is 0.495 e. The van der Waals surface area contributed by atoms with Crippen LogP contribution in [0.5, 0.6) is 17.2 Å². The lowest BCUT2D eigenvalue weighted by molar-refractivity contribution is -0.131. The number of rotatable bonds is 7. The van der Waals surface area contributed by atoms with E-state index in [2.05, 4.69) is 10.1 Å². The van der Waals surface area contributed by atoms with Crippen LogP contribution in [0.2, 0.25) is 5.02 Å². The molecule has 1 aliphatic heterocycles. The van der Waals surface area contributed by atoms with Gasteiger partial charge < -0.3 is 23.6 Å². The number of amides is 1. The van der Waals surface area contributed by atoms with Crippen molar-refractivity contribution in [2.24, 2.45) is 0 Å². The third kappa shape index (κ3) is 4.36. The lowest BCUT2D eigenvalue weighted by Crippen LogP contribution is -2.32. The predicted molar refractivity (Wildman–Crippen MR) is 118 cm³/mol. The standard InChI is InChI=1S/C23H24ClN3O5/c1-29-18-8-6-14(11-16(18)24)12-21(28)27-10-4-5-17(27)23-25-22(26-32-23)15-7-9-19(30-2)20(13-15)31-3/h6-9,11,13,17H,4-5,10,12H2,1-3H3/t17-/m1/s1. The van der Waals surface area contributed by atoms with Crippen LogP contribution in [0.25, 0.3) is 11.4 Å². The Kier molecular flexibility index (Phi) is 6.50. The van der Waals surface area contributed by atoms with Crippen molar-refractivity contribution in [1.82, 2.24) is 15.0 Å². The first-order chi connectivity index (χ1) is 15.5. The number of halogens is 1. The van der Waals surface area contributed by atoms with Gasteiger partial charge in [0.25, 0.3) is 0 Å². The molecule has 4 rings (SSSR count).